The number of anilines is 1. The maximum Gasteiger partial charge on any atom is 0.214 e. The van der Waals surface area contributed by atoms with Gasteiger partial charge in [-0.25, -0.2) is 4.57 Å². The van der Waals surface area contributed by atoms with Crippen molar-refractivity contribution in [3.8, 4) is 0 Å². The van der Waals surface area contributed by atoms with E-state index in [1.807, 2.05) is 26.2 Å². The van der Waals surface area contributed by atoms with Gasteiger partial charge in [0.15, 0.2) is 6.20 Å². The molecule has 0 unspecified atom stereocenters. The number of benzene rings is 1. The number of hydrogen-bond acceptors (Lipinski definition) is 1. The van der Waals surface area contributed by atoms with Crippen LogP contribution in [0.25, 0.3) is 10.9 Å². The molecule has 1 heterocycles. The average molecular weight is 173 g/mol. The van der Waals surface area contributed by atoms with Crippen molar-refractivity contribution in [2.75, 3.05) is 5.73 Å². The summed E-state index contributed by atoms with van der Waals surface area (Å²) in [6.45, 7) is 2.03. The highest BCUT2D eigenvalue weighted by molar-refractivity contribution is 5.89. The van der Waals surface area contributed by atoms with E-state index in [4.69, 9.17) is 5.73 Å². The fourth-order valence-corrected chi connectivity index (χ4v) is 1.57. The predicted octanol–water partition coefficient (Wildman–Crippen LogP) is 1.55. The summed E-state index contributed by atoms with van der Waals surface area (Å²) in [6, 6.07) is 8.22. The van der Waals surface area contributed by atoms with Gasteiger partial charge in [-0.05, 0) is 18.6 Å². The molecule has 0 radical (unpaired) electrons. The Hall–Kier alpha value is -1.57. The molecule has 0 spiro atoms. The van der Waals surface area contributed by atoms with Gasteiger partial charge in [-0.15, -0.1) is 0 Å². The molecule has 2 heteroatoms. The second-order valence-electron chi connectivity index (χ2n) is 3.35. The van der Waals surface area contributed by atoms with Gasteiger partial charge in [0.2, 0.25) is 5.52 Å². The molecule has 0 saturated carbocycles. The van der Waals surface area contributed by atoms with Gasteiger partial charge in [0.1, 0.15) is 7.05 Å². The van der Waals surface area contributed by atoms with Crippen molar-refractivity contribution in [3.63, 3.8) is 0 Å². The molecule has 0 amide bonds. The monoisotopic (exact) mass is 173 g/mol. The molecule has 1 aromatic heterocycles. The SMILES string of the molecule is Cc1ccc2c(ccc[n+]2C)c1N. The van der Waals surface area contributed by atoms with Gasteiger partial charge in [0.25, 0.3) is 0 Å². The zero-order valence-electron chi connectivity index (χ0n) is 7.91. The lowest BCUT2D eigenvalue weighted by molar-refractivity contribution is -0.644. The summed E-state index contributed by atoms with van der Waals surface area (Å²) in [7, 11) is 2.02. The van der Waals surface area contributed by atoms with Crippen molar-refractivity contribution in [3.05, 3.63) is 36.0 Å². The first kappa shape index (κ1) is 8.05. The summed E-state index contributed by atoms with van der Waals surface area (Å²) in [4.78, 5) is 0. The molecule has 13 heavy (non-hydrogen) atoms. The first-order valence-electron chi connectivity index (χ1n) is 4.33. The summed E-state index contributed by atoms with van der Waals surface area (Å²) in [5, 5.41) is 1.13. The highest BCUT2D eigenvalue weighted by atomic mass is 14.9. The van der Waals surface area contributed by atoms with Crippen LogP contribution in [-0.2, 0) is 7.05 Å². The number of nitrogens with two attached hydrogens (primary N) is 1. The molecule has 0 aliphatic rings. The molecular weight excluding hydrogens is 160 g/mol. The Kier molecular flexibility index (Phi) is 1.69. The first-order chi connectivity index (χ1) is 6.20. The van der Waals surface area contributed by atoms with Gasteiger partial charge < -0.3 is 5.73 Å². The number of rotatable bonds is 0. The van der Waals surface area contributed by atoms with E-state index in [2.05, 4.69) is 22.8 Å². The van der Waals surface area contributed by atoms with Gasteiger partial charge in [-0.2, -0.15) is 0 Å². The lowest BCUT2D eigenvalue weighted by Gasteiger charge is -2.02. The molecule has 0 aliphatic heterocycles. The molecule has 0 saturated heterocycles. The fourth-order valence-electron chi connectivity index (χ4n) is 1.57. The molecule has 0 atom stereocenters. The molecule has 1 aromatic carbocycles. The van der Waals surface area contributed by atoms with Crippen LogP contribution < -0.4 is 10.3 Å². The molecular formula is C11H13N2+. The van der Waals surface area contributed by atoms with E-state index in [0.717, 1.165) is 16.6 Å². The Morgan fingerprint density at radius 2 is 2.00 bits per heavy atom. The van der Waals surface area contributed by atoms with Gasteiger partial charge in [0.05, 0.1) is 5.39 Å². The minimum atomic E-state index is 0.883. The van der Waals surface area contributed by atoms with Gasteiger partial charge in [-0.1, -0.05) is 6.07 Å². The number of aromatic nitrogens is 1. The summed E-state index contributed by atoms with van der Waals surface area (Å²) in [5.41, 5.74) is 9.17. The predicted molar refractivity (Wildman–Crippen MR) is 54.3 cm³/mol. The zero-order chi connectivity index (χ0) is 9.42. The number of aryl methyl sites for hydroxylation is 2. The second-order valence-corrected chi connectivity index (χ2v) is 3.35. The van der Waals surface area contributed by atoms with Gasteiger partial charge in [0, 0.05) is 17.8 Å². The lowest BCUT2D eigenvalue weighted by atomic mass is 10.1. The van der Waals surface area contributed by atoms with Crippen LogP contribution >= 0.6 is 0 Å². The fraction of sp³-hybridized carbons (Fsp3) is 0.182. The average Bonchev–Trinajstić information content (AvgIpc) is 2.12. The van der Waals surface area contributed by atoms with Crippen molar-refractivity contribution in [1.29, 1.82) is 0 Å². The Balaban J connectivity index is 2.94. The minimum absolute atomic E-state index is 0.883. The van der Waals surface area contributed by atoms with Gasteiger partial charge in [-0.3, -0.25) is 0 Å². The van der Waals surface area contributed by atoms with Crippen LogP contribution in [0.15, 0.2) is 30.5 Å². The van der Waals surface area contributed by atoms with Crippen molar-refractivity contribution in [2.45, 2.75) is 6.92 Å². The molecule has 2 N–H and O–H groups in total. The van der Waals surface area contributed by atoms with E-state index >= 15 is 0 Å². The van der Waals surface area contributed by atoms with E-state index in [1.165, 1.54) is 5.52 Å². The van der Waals surface area contributed by atoms with E-state index in [0.29, 0.717) is 0 Å². The molecule has 0 fully saturated rings. The van der Waals surface area contributed by atoms with Crippen LogP contribution in [-0.4, -0.2) is 0 Å². The van der Waals surface area contributed by atoms with Crippen LogP contribution in [0.1, 0.15) is 5.56 Å². The third-order valence-corrected chi connectivity index (χ3v) is 2.43. The van der Waals surface area contributed by atoms with Crippen molar-refractivity contribution < 1.29 is 4.57 Å². The summed E-state index contributed by atoms with van der Waals surface area (Å²) < 4.78 is 2.07. The van der Waals surface area contributed by atoms with E-state index in [-0.39, 0.29) is 0 Å². The maximum absolute atomic E-state index is 5.97. The Labute approximate surface area is 77.6 Å². The molecule has 2 rings (SSSR count). The largest absolute Gasteiger partial charge is 0.398 e. The quantitative estimate of drug-likeness (QED) is 0.475. The number of fused-ring (bicyclic) bond motifs is 1. The van der Waals surface area contributed by atoms with Crippen LogP contribution in [0.4, 0.5) is 5.69 Å². The smallest absolute Gasteiger partial charge is 0.214 e. The molecule has 2 nitrogen and oxygen atoms in total. The Morgan fingerprint density at radius 1 is 1.23 bits per heavy atom. The maximum atomic E-state index is 5.97. The first-order valence-corrected chi connectivity index (χ1v) is 4.33. The number of hydrogen-bond donors (Lipinski definition) is 1. The molecule has 0 aliphatic carbocycles. The summed E-state index contributed by atoms with van der Waals surface area (Å²) in [6.07, 6.45) is 2.02. The van der Waals surface area contributed by atoms with Crippen LogP contribution in [0.2, 0.25) is 0 Å². The normalized spacial score (nSPS) is 10.6. The third kappa shape index (κ3) is 1.15. The van der Waals surface area contributed by atoms with E-state index in [1.54, 1.807) is 0 Å². The number of nitrogen functional groups attached to an aromatic ring is 1. The third-order valence-electron chi connectivity index (χ3n) is 2.43. The minimum Gasteiger partial charge on any atom is -0.398 e. The topological polar surface area (TPSA) is 29.9 Å². The van der Waals surface area contributed by atoms with Crippen LogP contribution in [0.5, 0.6) is 0 Å². The molecule has 0 bridgehead atoms. The highest BCUT2D eigenvalue weighted by Crippen LogP contribution is 2.20. The van der Waals surface area contributed by atoms with E-state index in [9.17, 15) is 0 Å². The zero-order valence-corrected chi connectivity index (χ0v) is 7.91. The van der Waals surface area contributed by atoms with Gasteiger partial charge >= 0.3 is 0 Å². The van der Waals surface area contributed by atoms with Crippen molar-refractivity contribution in [1.82, 2.24) is 0 Å². The molecule has 2 aromatic rings. The number of pyridine rings is 1. The highest BCUT2D eigenvalue weighted by Gasteiger charge is 2.07. The standard InChI is InChI=1S/C11H12N2/c1-8-5-6-10-9(11(8)12)4-3-7-13(10)2/h3-7,12H,1-2H3/p+1. The second kappa shape index (κ2) is 2.73. The van der Waals surface area contributed by atoms with Crippen LogP contribution in [0.3, 0.4) is 0 Å². The van der Waals surface area contributed by atoms with E-state index < -0.39 is 0 Å². The number of nitrogens with zero attached hydrogens (tertiary/aromatic N) is 1. The Morgan fingerprint density at radius 3 is 2.77 bits per heavy atom. The summed E-state index contributed by atoms with van der Waals surface area (Å²) in [5.74, 6) is 0. The van der Waals surface area contributed by atoms with Crippen molar-refractivity contribution >= 4 is 16.6 Å². The van der Waals surface area contributed by atoms with Crippen LogP contribution in [0, 0.1) is 6.92 Å². The molecule has 66 valence electrons. The Bertz CT molecular complexity index is 461. The lowest BCUT2D eigenvalue weighted by Crippen LogP contribution is -2.28. The summed E-state index contributed by atoms with van der Waals surface area (Å²) >= 11 is 0. The van der Waals surface area contributed by atoms with Crippen molar-refractivity contribution in [2.24, 2.45) is 7.05 Å².